The maximum atomic E-state index is 13.0. The van der Waals surface area contributed by atoms with Crippen molar-refractivity contribution in [2.24, 2.45) is 0 Å². The highest BCUT2D eigenvalue weighted by molar-refractivity contribution is 7.08. The van der Waals surface area contributed by atoms with Crippen molar-refractivity contribution >= 4 is 17.2 Å². The van der Waals surface area contributed by atoms with Crippen LogP contribution >= 0.6 is 11.3 Å². The van der Waals surface area contributed by atoms with E-state index in [0.717, 1.165) is 18.6 Å². The summed E-state index contributed by atoms with van der Waals surface area (Å²) < 4.78 is 24.7. The molecule has 0 spiro atoms. The molecule has 0 unspecified atom stereocenters. The lowest BCUT2D eigenvalue weighted by atomic mass is 10.1. The summed E-state index contributed by atoms with van der Waals surface area (Å²) in [4.78, 5) is 14.7. The van der Waals surface area contributed by atoms with Crippen LogP contribution in [0.3, 0.4) is 0 Å². The van der Waals surface area contributed by atoms with Gasteiger partial charge in [-0.25, -0.2) is 4.39 Å². The van der Waals surface area contributed by atoms with E-state index in [-0.39, 0.29) is 17.8 Å². The number of carbonyl (C=O) groups is 1. The molecule has 28 heavy (non-hydrogen) atoms. The molecule has 2 heterocycles. The lowest BCUT2D eigenvalue weighted by Crippen LogP contribution is -2.41. The topological polar surface area (TPSA) is 38.8 Å². The van der Waals surface area contributed by atoms with E-state index < -0.39 is 0 Å². The minimum absolute atomic E-state index is 0.0152. The van der Waals surface area contributed by atoms with Crippen LogP contribution in [0.2, 0.25) is 0 Å². The summed E-state index contributed by atoms with van der Waals surface area (Å²) in [7, 11) is 0. The molecule has 144 valence electrons. The number of hydrogen-bond acceptors (Lipinski definition) is 4. The molecule has 0 bridgehead atoms. The van der Waals surface area contributed by atoms with Gasteiger partial charge < -0.3 is 14.4 Å². The molecule has 0 aliphatic carbocycles. The van der Waals surface area contributed by atoms with Gasteiger partial charge in [-0.1, -0.05) is 6.07 Å². The van der Waals surface area contributed by atoms with Crippen LogP contribution in [0.4, 0.5) is 4.39 Å². The number of halogens is 1. The van der Waals surface area contributed by atoms with E-state index in [0.29, 0.717) is 30.2 Å². The lowest BCUT2D eigenvalue weighted by molar-refractivity contribution is 0.0596. The van der Waals surface area contributed by atoms with Gasteiger partial charge in [-0.3, -0.25) is 4.79 Å². The Morgan fingerprint density at radius 1 is 1.00 bits per heavy atom. The quantitative estimate of drug-likeness (QED) is 0.581. The number of thiophene rings is 1. The van der Waals surface area contributed by atoms with E-state index in [2.05, 4.69) is 0 Å². The molecule has 1 aromatic heterocycles. The van der Waals surface area contributed by atoms with Gasteiger partial charge in [0.2, 0.25) is 0 Å². The van der Waals surface area contributed by atoms with Gasteiger partial charge in [0.1, 0.15) is 29.2 Å². The molecular weight excluding hydrogens is 377 g/mol. The van der Waals surface area contributed by atoms with Crippen molar-refractivity contribution in [3.05, 3.63) is 76.7 Å². The van der Waals surface area contributed by atoms with E-state index in [4.69, 9.17) is 9.47 Å². The third kappa shape index (κ3) is 4.51. The highest BCUT2D eigenvalue weighted by atomic mass is 32.1. The Hall–Kier alpha value is -2.86. The van der Waals surface area contributed by atoms with E-state index in [9.17, 15) is 9.18 Å². The minimum atomic E-state index is -0.317. The van der Waals surface area contributed by atoms with E-state index in [1.54, 1.807) is 47.7 Å². The van der Waals surface area contributed by atoms with Crippen LogP contribution in [0.5, 0.6) is 17.2 Å². The van der Waals surface area contributed by atoms with Crippen molar-refractivity contribution in [3.63, 3.8) is 0 Å². The van der Waals surface area contributed by atoms with Gasteiger partial charge in [0.25, 0.3) is 5.91 Å². The van der Waals surface area contributed by atoms with Gasteiger partial charge >= 0.3 is 0 Å². The van der Waals surface area contributed by atoms with Gasteiger partial charge in [-0.2, -0.15) is 0 Å². The number of likely N-dealkylation sites (tertiary alicyclic amines) is 1. The second-order valence-electron chi connectivity index (χ2n) is 6.65. The zero-order valence-electron chi connectivity index (χ0n) is 15.2. The predicted molar refractivity (Wildman–Crippen MR) is 107 cm³/mol. The number of rotatable bonds is 5. The number of carbonyl (C=O) groups excluding carboxylic acids is 1. The second-order valence-corrected chi connectivity index (χ2v) is 7.43. The maximum absolute atomic E-state index is 13.0. The largest absolute Gasteiger partial charge is 0.489 e. The average Bonchev–Trinajstić information content (AvgIpc) is 3.23. The molecule has 0 saturated carbocycles. The molecule has 0 atom stereocenters. The predicted octanol–water partition coefficient (Wildman–Crippen LogP) is 5.36. The highest BCUT2D eigenvalue weighted by Gasteiger charge is 2.25. The van der Waals surface area contributed by atoms with Gasteiger partial charge in [0.05, 0.1) is 0 Å². The van der Waals surface area contributed by atoms with Crippen LogP contribution in [0.1, 0.15) is 23.2 Å². The van der Waals surface area contributed by atoms with Gasteiger partial charge in [0.15, 0.2) is 0 Å². The molecular formula is C22H20FNO3S. The fourth-order valence-electron chi connectivity index (χ4n) is 3.20. The standard InChI is InChI=1S/C22H20FNO3S/c23-17-4-6-18(7-5-17)26-20-3-1-2-16(14-20)22(25)24-11-8-19(9-12-24)27-21-10-13-28-15-21/h1-7,10,13-15,19H,8-9,11-12H2. The summed E-state index contributed by atoms with van der Waals surface area (Å²) in [5.41, 5.74) is 0.580. The van der Waals surface area contributed by atoms with E-state index >= 15 is 0 Å². The third-order valence-corrected chi connectivity index (χ3v) is 5.32. The number of ether oxygens (including phenoxy) is 2. The second kappa shape index (κ2) is 8.44. The smallest absolute Gasteiger partial charge is 0.253 e. The molecule has 4 nitrogen and oxygen atoms in total. The van der Waals surface area contributed by atoms with Crippen LogP contribution < -0.4 is 9.47 Å². The number of hydrogen-bond donors (Lipinski definition) is 0. The van der Waals surface area contributed by atoms with E-state index in [1.807, 2.05) is 21.7 Å². The fourth-order valence-corrected chi connectivity index (χ4v) is 3.76. The van der Waals surface area contributed by atoms with Crippen molar-refractivity contribution < 1.29 is 18.7 Å². The summed E-state index contributed by atoms with van der Waals surface area (Å²) in [5.74, 6) is 1.65. The number of nitrogens with zero attached hydrogens (tertiary/aromatic N) is 1. The molecule has 1 amide bonds. The Kier molecular flexibility index (Phi) is 5.58. The lowest BCUT2D eigenvalue weighted by Gasteiger charge is -2.32. The Balaban J connectivity index is 1.36. The average molecular weight is 397 g/mol. The molecule has 1 fully saturated rings. The summed E-state index contributed by atoms with van der Waals surface area (Å²) in [5, 5.41) is 3.99. The first-order valence-corrected chi connectivity index (χ1v) is 10.1. The zero-order valence-corrected chi connectivity index (χ0v) is 16.0. The van der Waals surface area contributed by atoms with Crippen molar-refractivity contribution in [1.82, 2.24) is 4.90 Å². The molecule has 1 saturated heterocycles. The van der Waals surface area contributed by atoms with Gasteiger partial charge in [-0.05, 0) is 53.9 Å². The number of amides is 1. The minimum Gasteiger partial charge on any atom is -0.489 e. The molecule has 4 rings (SSSR count). The van der Waals surface area contributed by atoms with Crippen LogP contribution in [-0.4, -0.2) is 30.0 Å². The summed E-state index contributed by atoms with van der Waals surface area (Å²) in [6.07, 6.45) is 1.77. The van der Waals surface area contributed by atoms with Crippen LogP contribution in [0.15, 0.2) is 65.4 Å². The van der Waals surface area contributed by atoms with Crippen LogP contribution in [-0.2, 0) is 0 Å². The molecule has 2 aromatic carbocycles. The Morgan fingerprint density at radius 2 is 1.79 bits per heavy atom. The molecule has 6 heteroatoms. The monoisotopic (exact) mass is 397 g/mol. The van der Waals surface area contributed by atoms with Crippen molar-refractivity contribution in [2.45, 2.75) is 18.9 Å². The van der Waals surface area contributed by atoms with Crippen LogP contribution in [0.25, 0.3) is 0 Å². The Morgan fingerprint density at radius 3 is 2.50 bits per heavy atom. The van der Waals surface area contributed by atoms with E-state index in [1.165, 1.54) is 12.1 Å². The zero-order chi connectivity index (χ0) is 19.3. The third-order valence-electron chi connectivity index (χ3n) is 4.66. The molecule has 0 radical (unpaired) electrons. The van der Waals surface area contributed by atoms with Gasteiger partial charge in [-0.15, -0.1) is 11.3 Å². The summed E-state index contributed by atoms with van der Waals surface area (Å²) in [6.45, 7) is 1.33. The normalized spacial score (nSPS) is 14.7. The SMILES string of the molecule is O=C(c1cccc(Oc2ccc(F)cc2)c1)N1CCC(Oc2ccsc2)CC1. The molecule has 1 aliphatic rings. The summed E-state index contributed by atoms with van der Waals surface area (Å²) >= 11 is 1.61. The van der Waals surface area contributed by atoms with Crippen LogP contribution in [0, 0.1) is 5.82 Å². The highest BCUT2D eigenvalue weighted by Crippen LogP contribution is 2.25. The Labute approximate surface area is 167 Å². The van der Waals surface area contributed by atoms with Crippen molar-refractivity contribution in [2.75, 3.05) is 13.1 Å². The van der Waals surface area contributed by atoms with Crippen molar-refractivity contribution in [3.8, 4) is 17.2 Å². The summed E-state index contributed by atoms with van der Waals surface area (Å²) in [6, 6.07) is 14.8. The fraction of sp³-hybridized carbons (Fsp3) is 0.227. The first-order chi connectivity index (χ1) is 13.7. The van der Waals surface area contributed by atoms with Crippen molar-refractivity contribution in [1.29, 1.82) is 0 Å². The first kappa shape index (κ1) is 18.5. The Bertz CT molecular complexity index is 919. The molecule has 0 N–H and O–H groups in total. The van der Waals surface area contributed by atoms with Gasteiger partial charge in [0, 0.05) is 36.9 Å². The molecule has 3 aromatic rings. The molecule has 1 aliphatic heterocycles. The number of piperidine rings is 1. The first-order valence-electron chi connectivity index (χ1n) is 9.19. The maximum Gasteiger partial charge on any atom is 0.253 e. The number of benzene rings is 2.